The van der Waals surface area contributed by atoms with Crippen LogP contribution in [0, 0.1) is 0 Å². The summed E-state index contributed by atoms with van der Waals surface area (Å²) < 4.78 is 62.5. The number of hydrogen-bond donors (Lipinski definition) is 1. The van der Waals surface area contributed by atoms with Gasteiger partial charge < -0.3 is 5.32 Å². The average Bonchev–Trinajstić information content (AvgIpc) is 2.37. The molecule has 1 aromatic carbocycles. The second kappa shape index (κ2) is 6.95. The van der Waals surface area contributed by atoms with E-state index in [1.807, 2.05) is 0 Å². The number of nitrogens with zero attached hydrogens (tertiary/aromatic N) is 1. The molecule has 1 aromatic rings. The fraction of sp³-hybridized carbons (Fsp3) is 0.500. The van der Waals surface area contributed by atoms with Crippen molar-refractivity contribution in [2.75, 3.05) is 20.1 Å². The van der Waals surface area contributed by atoms with Crippen LogP contribution in [0.2, 0.25) is 5.02 Å². The Labute approximate surface area is 126 Å². The van der Waals surface area contributed by atoms with Crippen LogP contribution in [-0.2, 0) is 16.6 Å². The SMILES string of the molecule is CCN(CC(F)(F)F)S(=O)(=O)c1cc(CNC)ccc1Cl. The minimum Gasteiger partial charge on any atom is -0.316 e. The fourth-order valence-electron chi connectivity index (χ4n) is 1.77. The minimum atomic E-state index is -4.61. The number of halogens is 4. The van der Waals surface area contributed by atoms with Crippen molar-refractivity contribution in [2.45, 2.75) is 24.5 Å². The first-order valence-corrected chi connectivity index (χ1v) is 7.93. The van der Waals surface area contributed by atoms with Gasteiger partial charge in [0.1, 0.15) is 11.4 Å². The summed E-state index contributed by atoms with van der Waals surface area (Å²) in [5.74, 6) is 0. The lowest BCUT2D eigenvalue weighted by atomic mass is 10.2. The minimum absolute atomic E-state index is 0.101. The van der Waals surface area contributed by atoms with Crippen molar-refractivity contribution in [1.29, 1.82) is 0 Å². The molecular formula is C12H16ClF3N2O2S. The van der Waals surface area contributed by atoms with Gasteiger partial charge in [-0.05, 0) is 24.7 Å². The van der Waals surface area contributed by atoms with E-state index in [9.17, 15) is 21.6 Å². The van der Waals surface area contributed by atoms with Crippen molar-refractivity contribution in [3.05, 3.63) is 28.8 Å². The van der Waals surface area contributed by atoms with Gasteiger partial charge in [-0.3, -0.25) is 0 Å². The molecule has 9 heteroatoms. The number of rotatable bonds is 6. The number of sulfonamides is 1. The van der Waals surface area contributed by atoms with E-state index in [0.29, 0.717) is 16.4 Å². The summed E-state index contributed by atoms with van der Waals surface area (Å²) in [6.45, 7) is -0.118. The summed E-state index contributed by atoms with van der Waals surface area (Å²) in [4.78, 5) is -0.317. The first-order valence-electron chi connectivity index (χ1n) is 6.11. The van der Waals surface area contributed by atoms with Crippen LogP contribution in [0.4, 0.5) is 13.2 Å². The Balaban J connectivity index is 3.25. The smallest absolute Gasteiger partial charge is 0.316 e. The largest absolute Gasteiger partial charge is 0.402 e. The topological polar surface area (TPSA) is 49.4 Å². The van der Waals surface area contributed by atoms with Crippen LogP contribution in [0.15, 0.2) is 23.1 Å². The number of hydrogen-bond acceptors (Lipinski definition) is 3. The van der Waals surface area contributed by atoms with Crippen LogP contribution in [-0.4, -0.2) is 39.0 Å². The molecule has 0 spiro atoms. The number of nitrogens with one attached hydrogen (secondary N) is 1. The van der Waals surface area contributed by atoms with E-state index in [2.05, 4.69) is 5.32 Å². The molecule has 0 saturated carbocycles. The van der Waals surface area contributed by atoms with Gasteiger partial charge in [0.25, 0.3) is 0 Å². The summed E-state index contributed by atoms with van der Waals surface area (Å²) in [7, 11) is -2.63. The highest BCUT2D eigenvalue weighted by Gasteiger charge is 2.37. The summed E-state index contributed by atoms with van der Waals surface area (Å²) in [5.41, 5.74) is 0.614. The van der Waals surface area contributed by atoms with Gasteiger partial charge in [-0.15, -0.1) is 0 Å². The van der Waals surface area contributed by atoms with Gasteiger partial charge in [-0.1, -0.05) is 24.6 Å². The highest BCUT2D eigenvalue weighted by atomic mass is 35.5. The molecular weight excluding hydrogens is 329 g/mol. The molecule has 1 rings (SSSR count). The third-order valence-electron chi connectivity index (χ3n) is 2.70. The zero-order chi connectivity index (χ0) is 16.3. The number of benzene rings is 1. The first kappa shape index (κ1) is 18.2. The Hall–Kier alpha value is -0.830. The van der Waals surface area contributed by atoms with Crippen molar-refractivity contribution in [1.82, 2.24) is 9.62 Å². The molecule has 0 amide bonds. The van der Waals surface area contributed by atoms with Crippen LogP contribution in [0.25, 0.3) is 0 Å². The molecule has 120 valence electrons. The summed E-state index contributed by atoms with van der Waals surface area (Å²) in [6, 6.07) is 4.26. The highest BCUT2D eigenvalue weighted by molar-refractivity contribution is 7.89. The molecule has 0 fully saturated rings. The molecule has 0 bridgehead atoms. The molecule has 0 aliphatic rings. The van der Waals surface area contributed by atoms with Crippen LogP contribution < -0.4 is 5.32 Å². The van der Waals surface area contributed by atoms with Crippen LogP contribution in [0.5, 0.6) is 0 Å². The van der Waals surface area contributed by atoms with Gasteiger partial charge in [0.2, 0.25) is 10.0 Å². The third-order valence-corrected chi connectivity index (χ3v) is 5.11. The predicted molar refractivity (Wildman–Crippen MR) is 74.7 cm³/mol. The van der Waals surface area contributed by atoms with Gasteiger partial charge in [-0.25, -0.2) is 8.42 Å². The second-order valence-corrected chi connectivity index (χ2v) is 6.66. The quantitative estimate of drug-likeness (QED) is 0.863. The van der Waals surface area contributed by atoms with E-state index in [-0.39, 0.29) is 16.5 Å². The lowest BCUT2D eigenvalue weighted by molar-refractivity contribution is -0.135. The van der Waals surface area contributed by atoms with Crippen molar-refractivity contribution >= 4 is 21.6 Å². The molecule has 21 heavy (non-hydrogen) atoms. The maximum Gasteiger partial charge on any atom is 0.402 e. The van der Waals surface area contributed by atoms with Crippen LogP contribution in [0.3, 0.4) is 0 Å². The standard InChI is InChI=1S/C12H16ClF3N2O2S/c1-3-18(8-12(14,15)16)21(19,20)11-6-9(7-17-2)4-5-10(11)13/h4-6,17H,3,7-8H2,1-2H3. The molecule has 0 saturated heterocycles. The zero-order valence-electron chi connectivity index (χ0n) is 11.5. The summed E-state index contributed by atoms with van der Waals surface area (Å²) >= 11 is 5.85. The number of alkyl halides is 3. The Morgan fingerprint density at radius 3 is 2.43 bits per heavy atom. The van der Waals surface area contributed by atoms with Gasteiger partial charge in [-0.2, -0.15) is 17.5 Å². The Kier molecular flexibility index (Phi) is 6.03. The second-order valence-electron chi connectivity index (χ2n) is 4.34. The Morgan fingerprint density at radius 2 is 1.95 bits per heavy atom. The molecule has 0 unspecified atom stereocenters. The van der Waals surface area contributed by atoms with E-state index >= 15 is 0 Å². The van der Waals surface area contributed by atoms with Gasteiger partial charge in [0, 0.05) is 13.1 Å². The average molecular weight is 345 g/mol. The molecule has 0 heterocycles. The van der Waals surface area contributed by atoms with Gasteiger partial charge in [0.15, 0.2) is 0 Å². The van der Waals surface area contributed by atoms with E-state index in [1.165, 1.54) is 19.1 Å². The maximum absolute atomic E-state index is 12.5. The van der Waals surface area contributed by atoms with E-state index < -0.39 is 22.7 Å². The summed E-state index contributed by atoms with van der Waals surface area (Å²) in [6.07, 6.45) is -4.61. The van der Waals surface area contributed by atoms with Crippen molar-refractivity contribution in [3.8, 4) is 0 Å². The molecule has 0 aliphatic carbocycles. The van der Waals surface area contributed by atoms with Gasteiger partial charge >= 0.3 is 6.18 Å². The normalized spacial score (nSPS) is 12.9. The highest BCUT2D eigenvalue weighted by Crippen LogP contribution is 2.28. The van der Waals surface area contributed by atoms with Gasteiger partial charge in [0.05, 0.1) is 5.02 Å². The van der Waals surface area contributed by atoms with Crippen molar-refractivity contribution in [2.24, 2.45) is 0 Å². The van der Waals surface area contributed by atoms with Crippen LogP contribution in [0.1, 0.15) is 12.5 Å². The monoisotopic (exact) mass is 344 g/mol. The van der Waals surface area contributed by atoms with E-state index in [4.69, 9.17) is 11.6 Å². The zero-order valence-corrected chi connectivity index (χ0v) is 13.1. The fourth-order valence-corrected chi connectivity index (χ4v) is 3.72. The molecule has 4 nitrogen and oxygen atoms in total. The lowest BCUT2D eigenvalue weighted by Crippen LogP contribution is -2.38. The van der Waals surface area contributed by atoms with E-state index in [0.717, 1.165) is 0 Å². The lowest BCUT2D eigenvalue weighted by Gasteiger charge is -2.22. The van der Waals surface area contributed by atoms with E-state index in [1.54, 1.807) is 13.1 Å². The molecule has 0 radical (unpaired) electrons. The Bertz CT molecular complexity index is 591. The molecule has 0 aliphatic heterocycles. The third kappa shape index (κ3) is 4.84. The predicted octanol–water partition coefficient (Wildman–Crippen LogP) is 2.63. The molecule has 0 atom stereocenters. The molecule has 0 aromatic heterocycles. The van der Waals surface area contributed by atoms with Crippen molar-refractivity contribution < 1.29 is 21.6 Å². The summed E-state index contributed by atoms with van der Waals surface area (Å²) in [5, 5.41) is 2.73. The van der Waals surface area contributed by atoms with Crippen LogP contribution >= 0.6 is 11.6 Å². The van der Waals surface area contributed by atoms with Crippen molar-refractivity contribution in [3.63, 3.8) is 0 Å². The Morgan fingerprint density at radius 1 is 1.33 bits per heavy atom. The molecule has 1 N–H and O–H groups in total. The first-order chi connectivity index (χ1) is 9.61. The maximum atomic E-state index is 12.5.